The molecule has 0 aromatic heterocycles. The molecule has 4 nitrogen and oxygen atoms in total. The van der Waals surface area contributed by atoms with E-state index in [0.29, 0.717) is 12.3 Å². The van der Waals surface area contributed by atoms with E-state index in [4.69, 9.17) is 0 Å². The molecule has 0 aromatic carbocycles. The van der Waals surface area contributed by atoms with Crippen molar-refractivity contribution in [1.29, 1.82) is 0 Å². The number of ether oxygens (including phenoxy) is 1. The summed E-state index contributed by atoms with van der Waals surface area (Å²) in [5.41, 5.74) is -0.497. The molecule has 94 valence electrons. The molecule has 0 saturated heterocycles. The zero-order chi connectivity index (χ0) is 12.9. The summed E-state index contributed by atoms with van der Waals surface area (Å²) in [5, 5.41) is 2.73. The molecule has 0 heterocycles. The van der Waals surface area contributed by atoms with Crippen LogP contribution >= 0.6 is 0 Å². The van der Waals surface area contributed by atoms with Crippen LogP contribution in [0.4, 0.5) is 0 Å². The van der Waals surface area contributed by atoms with Gasteiger partial charge in [-0.2, -0.15) is 0 Å². The molecule has 0 aromatic rings. The second kappa shape index (κ2) is 5.87. The third-order valence-electron chi connectivity index (χ3n) is 2.18. The molecule has 1 amide bonds. The lowest BCUT2D eigenvalue weighted by atomic mass is 9.94. The molecule has 0 aliphatic carbocycles. The van der Waals surface area contributed by atoms with Gasteiger partial charge in [0, 0.05) is 5.41 Å². The van der Waals surface area contributed by atoms with Crippen molar-refractivity contribution < 1.29 is 14.3 Å². The summed E-state index contributed by atoms with van der Waals surface area (Å²) in [7, 11) is 1.33. The Bertz CT molecular complexity index is 253. The summed E-state index contributed by atoms with van der Waals surface area (Å²) in [6, 6.07) is -0.545. The van der Waals surface area contributed by atoms with E-state index in [1.165, 1.54) is 7.11 Å². The Morgan fingerprint density at radius 1 is 1.25 bits per heavy atom. The van der Waals surface area contributed by atoms with Crippen molar-refractivity contribution >= 4 is 11.9 Å². The molecule has 16 heavy (non-hydrogen) atoms. The van der Waals surface area contributed by atoms with E-state index >= 15 is 0 Å². The number of hydrogen-bond acceptors (Lipinski definition) is 3. The molecule has 0 radical (unpaired) electrons. The second-order valence-corrected chi connectivity index (χ2v) is 5.43. The minimum absolute atomic E-state index is 0.136. The van der Waals surface area contributed by atoms with Crippen molar-refractivity contribution in [2.75, 3.05) is 7.11 Å². The lowest BCUT2D eigenvalue weighted by Crippen LogP contribution is -2.46. The zero-order valence-electron chi connectivity index (χ0n) is 11.1. The molecule has 0 aliphatic heterocycles. The minimum atomic E-state index is -0.545. The normalized spacial score (nSPS) is 13.4. The van der Waals surface area contributed by atoms with E-state index in [-0.39, 0.29) is 11.9 Å². The number of hydrogen-bond donors (Lipinski definition) is 1. The Balaban J connectivity index is 4.55. The van der Waals surface area contributed by atoms with E-state index in [9.17, 15) is 9.59 Å². The first kappa shape index (κ1) is 14.9. The summed E-state index contributed by atoms with van der Waals surface area (Å²) in [6.45, 7) is 9.43. The van der Waals surface area contributed by atoms with Crippen molar-refractivity contribution in [2.45, 2.75) is 47.1 Å². The van der Waals surface area contributed by atoms with Crippen LogP contribution in [-0.4, -0.2) is 25.0 Å². The number of nitrogens with one attached hydrogen (secondary N) is 1. The summed E-state index contributed by atoms with van der Waals surface area (Å²) < 4.78 is 4.67. The van der Waals surface area contributed by atoms with Gasteiger partial charge in [0.2, 0.25) is 5.91 Å². The maximum atomic E-state index is 11.8. The summed E-state index contributed by atoms with van der Waals surface area (Å²) >= 11 is 0. The van der Waals surface area contributed by atoms with Gasteiger partial charge in [-0.1, -0.05) is 34.6 Å². The van der Waals surface area contributed by atoms with Crippen LogP contribution < -0.4 is 5.32 Å². The predicted molar refractivity (Wildman–Crippen MR) is 62.9 cm³/mol. The van der Waals surface area contributed by atoms with Gasteiger partial charge < -0.3 is 10.1 Å². The van der Waals surface area contributed by atoms with Crippen LogP contribution in [0.15, 0.2) is 0 Å². The molecule has 0 saturated carbocycles. The Morgan fingerprint density at radius 3 is 2.06 bits per heavy atom. The standard InChI is InChI=1S/C12H23NO3/c1-8(2)7-9(10(14)16-6)13-11(15)12(3,4)5/h8-9H,7H2,1-6H3,(H,13,15)/t9-/m0/s1. The molecular formula is C12H23NO3. The third-order valence-corrected chi connectivity index (χ3v) is 2.18. The summed E-state index contributed by atoms with van der Waals surface area (Å²) in [6.07, 6.45) is 0.592. The highest BCUT2D eigenvalue weighted by molar-refractivity contribution is 5.87. The molecule has 0 spiro atoms. The van der Waals surface area contributed by atoms with Gasteiger partial charge in [0.1, 0.15) is 6.04 Å². The van der Waals surface area contributed by atoms with Crippen molar-refractivity contribution in [3.63, 3.8) is 0 Å². The van der Waals surface area contributed by atoms with Gasteiger partial charge in [0.15, 0.2) is 0 Å². The monoisotopic (exact) mass is 229 g/mol. The van der Waals surface area contributed by atoms with E-state index in [1.54, 1.807) is 0 Å². The average molecular weight is 229 g/mol. The number of esters is 1. The Morgan fingerprint density at radius 2 is 1.75 bits per heavy atom. The number of amides is 1. The van der Waals surface area contributed by atoms with Gasteiger partial charge in [-0.15, -0.1) is 0 Å². The fourth-order valence-electron chi connectivity index (χ4n) is 1.20. The van der Waals surface area contributed by atoms with Gasteiger partial charge in [-0.3, -0.25) is 4.79 Å². The predicted octanol–water partition coefficient (Wildman–Crippen LogP) is 1.74. The molecular weight excluding hydrogens is 206 g/mol. The molecule has 0 unspecified atom stereocenters. The molecule has 0 bridgehead atoms. The fraction of sp³-hybridized carbons (Fsp3) is 0.833. The lowest BCUT2D eigenvalue weighted by molar-refractivity contribution is -0.146. The van der Waals surface area contributed by atoms with Crippen molar-refractivity contribution in [1.82, 2.24) is 5.32 Å². The first-order chi connectivity index (χ1) is 7.18. The lowest BCUT2D eigenvalue weighted by Gasteiger charge is -2.23. The molecule has 0 fully saturated rings. The van der Waals surface area contributed by atoms with Crippen LogP contribution in [0, 0.1) is 11.3 Å². The molecule has 1 atom stereocenters. The molecule has 0 aliphatic rings. The van der Waals surface area contributed by atoms with Gasteiger partial charge in [-0.05, 0) is 12.3 Å². The Hall–Kier alpha value is -1.06. The largest absolute Gasteiger partial charge is 0.467 e. The van der Waals surface area contributed by atoms with Crippen LogP contribution in [0.25, 0.3) is 0 Å². The smallest absolute Gasteiger partial charge is 0.328 e. The summed E-state index contributed by atoms with van der Waals surface area (Å²) in [4.78, 5) is 23.2. The van der Waals surface area contributed by atoms with Gasteiger partial charge >= 0.3 is 5.97 Å². The van der Waals surface area contributed by atoms with Crippen molar-refractivity contribution in [2.24, 2.45) is 11.3 Å². The third kappa shape index (κ3) is 5.14. The Labute approximate surface area is 97.7 Å². The SMILES string of the molecule is COC(=O)[C@H](CC(C)C)NC(=O)C(C)(C)C. The fourth-order valence-corrected chi connectivity index (χ4v) is 1.20. The van der Waals surface area contributed by atoms with Crippen molar-refractivity contribution in [3.05, 3.63) is 0 Å². The summed E-state index contributed by atoms with van der Waals surface area (Å²) in [5.74, 6) is -0.195. The van der Waals surface area contributed by atoms with Crippen LogP contribution in [0.3, 0.4) is 0 Å². The number of rotatable bonds is 4. The quantitative estimate of drug-likeness (QED) is 0.747. The van der Waals surface area contributed by atoms with E-state index in [0.717, 1.165) is 0 Å². The maximum absolute atomic E-state index is 11.8. The molecule has 0 rings (SSSR count). The van der Waals surface area contributed by atoms with E-state index in [1.807, 2.05) is 34.6 Å². The minimum Gasteiger partial charge on any atom is -0.467 e. The van der Waals surface area contributed by atoms with Crippen LogP contribution in [0.1, 0.15) is 41.0 Å². The molecule has 1 N–H and O–H groups in total. The first-order valence-electron chi connectivity index (χ1n) is 5.57. The number of methoxy groups -OCH3 is 1. The number of carbonyl (C=O) groups excluding carboxylic acids is 2. The van der Waals surface area contributed by atoms with Gasteiger partial charge in [0.25, 0.3) is 0 Å². The Kier molecular flexibility index (Phi) is 5.48. The zero-order valence-corrected chi connectivity index (χ0v) is 11.1. The van der Waals surface area contributed by atoms with Crippen LogP contribution in [0.2, 0.25) is 0 Å². The maximum Gasteiger partial charge on any atom is 0.328 e. The van der Waals surface area contributed by atoms with Gasteiger partial charge in [0.05, 0.1) is 7.11 Å². The topological polar surface area (TPSA) is 55.4 Å². The highest BCUT2D eigenvalue weighted by atomic mass is 16.5. The van der Waals surface area contributed by atoms with E-state index in [2.05, 4.69) is 10.1 Å². The number of carbonyl (C=O) groups is 2. The highest BCUT2D eigenvalue weighted by Crippen LogP contribution is 2.14. The average Bonchev–Trinajstić information content (AvgIpc) is 2.13. The van der Waals surface area contributed by atoms with Crippen LogP contribution in [0.5, 0.6) is 0 Å². The van der Waals surface area contributed by atoms with Crippen molar-refractivity contribution in [3.8, 4) is 0 Å². The van der Waals surface area contributed by atoms with Gasteiger partial charge in [-0.25, -0.2) is 4.79 Å². The van der Waals surface area contributed by atoms with E-state index < -0.39 is 11.5 Å². The molecule has 4 heteroatoms. The van der Waals surface area contributed by atoms with Crippen LogP contribution in [-0.2, 0) is 14.3 Å². The second-order valence-electron chi connectivity index (χ2n) is 5.43. The highest BCUT2D eigenvalue weighted by Gasteiger charge is 2.28. The first-order valence-corrected chi connectivity index (χ1v) is 5.57.